The van der Waals surface area contributed by atoms with Crippen molar-refractivity contribution < 1.29 is 4.84 Å². The van der Waals surface area contributed by atoms with Crippen molar-refractivity contribution in [3.63, 3.8) is 0 Å². The van der Waals surface area contributed by atoms with Crippen LogP contribution >= 0.6 is 0 Å². The van der Waals surface area contributed by atoms with Crippen molar-refractivity contribution in [3.05, 3.63) is 23.8 Å². The Balaban J connectivity index is 0.000000461. The highest BCUT2D eigenvalue weighted by molar-refractivity contribution is 5.22. The molecule has 11 heavy (non-hydrogen) atoms. The molecule has 0 aromatic rings. The van der Waals surface area contributed by atoms with E-state index < -0.39 is 0 Å². The van der Waals surface area contributed by atoms with Gasteiger partial charge in [0.1, 0.15) is 0 Å². The molecule has 2 heteroatoms. The maximum absolute atomic E-state index is 4.88. The van der Waals surface area contributed by atoms with E-state index in [-0.39, 0.29) is 0 Å². The van der Waals surface area contributed by atoms with Crippen molar-refractivity contribution in [1.29, 1.82) is 0 Å². The maximum Gasteiger partial charge on any atom is 0.0926 e. The molecule has 64 valence electrons. The zero-order valence-electron chi connectivity index (χ0n) is 7.34. The summed E-state index contributed by atoms with van der Waals surface area (Å²) in [6.45, 7) is 4.54. The lowest BCUT2D eigenvalue weighted by atomic mass is 10.1. The van der Waals surface area contributed by atoms with E-state index in [0.717, 1.165) is 12.8 Å². The predicted molar refractivity (Wildman–Crippen MR) is 47.9 cm³/mol. The largest absolute Gasteiger partial charge is 0.300 e. The van der Waals surface area contributed by atoms with E-state index >= 15 is 0 Å². The van der Waals surface area contributed by atoms with E-state index in [0.29, 0.717) is 6.61 Å². The third-order valence-electron chi connectivity index (χ3n) is 1.32. The molecule has 0 unspecified atom stereocenters. The fourth-order valence-electron chi connectivity index (χ4n) is 0.871. The van der Waals surface area contributed by atoms with E-state index in [1.54, 1.807) is 0 Å². The monoisotopic (exact) mass is 155 g/mol. The molecule has 0 aromatic carbocycles. The molecule has 0 fully saturated rings. The van der Waals surface area contributed by atoms with Gasteiger partial charge in [0.05, 0.1) is 6.61 Å². The molecule has 0 saturated carbocycles. The summed E-state index contributed by atoms with van der Waals surface area (Å²) < 4.78 is 0. The molecule has 1 rings (SSSR count). The van der Waals surface area contributed by atoms with Gasteiger partial charge in [-0.15, -0.1) is 0 Å². The average Bonchev–Trinajstić information content (AvgIpc) is 2.11. The van der Waals surface area contributed by atoms with E-state index in [1.807, 2.05) is 13.8 Å². The van der Waals surface area contributed by atoms with Gasteiger partial charge >= 0.3 is 0 Å². The first-order valence-corrected chi connectivity index (χ1v) is 4.11. The zero-order chi connectivity index (χ0) is 8.53. The third kappa shape index (κ3) is 4.76. The lowest BCUT2D eigenvalue weighted by molar-refractivity contribution is 0.163. The topological polar surface area (TPSA) is 35.2 Å². The van der Waals surface area contributed by atoms with Crippen LogP contribution in [0.15, 0.2) is 23.8 Å². The van der Waals surface area contributed by atoms with Gasteiger partial charge < -0.3 is 0 Å². The summed E-state index contributed by atoms with van der Waals surface area (Å²) in [6, 6.07) is 0. The Kier molecular flexibility index (Phi) is 7.10. The van der Waals surface area contributed by atoms with Gasteiger partial charge in [-0.25, -0.2) is 5.90 Å². The first kappa shape index (κ1) is 10.4. The van der Waals surface area contributed by atoms with E-state index in [1.165, 1.54) is 5.57 Å². The lowest BCUT2D eigenvalue weighted by Gasteiger charge is -2.03. The summed E-state index contributed by atoms with van der Waals surface area (Å²) in [7, 11) is 0. The van der Waals surface area contributed by atoms with Gasteiger partial charge in [0.15, 0.2) is 0 Å². The van der Waals surface area contributed by atoms with Crippen molar-refractivity contribution in [1.82, 2.24) is 0 Å². The number of hydrogen-bond acceptors (Lipinski definition) is 2. The molecule has 1 aliphatic carbocycles. The van der Waals surface area contributed by atoms with Crippen molar-refractivity contribution in [3.8, 4) is 0 Å². The molecular formula is C9H17NO. The van der Waals surface area contributed by atoms with Crippen molar-refractivity contribution >= 4 is 0 Å². The standard InChI is InChI=1S/C7H11NO.C2H6/c8-9-6-7-4-2-1-3-5-7;1-2/h2,4-5H,1,3,6,8H2;1-2H3. The number of allylic oxidation sites excluding steroid dienone is 2. The molecule has 0 saturated heterocycles. The molecular weight excluding hydrogens is 138 g/mol. The first-order valence-electron chi connectivity index (χ1n) is 4.11. The Bertz CT molecular complexity index is 138. The average molecular weight is 155 g/mol. The van der Waals surface area contributed by atoms with Crippen molar-refractivity contribution in [2.45, 2.75) is 26.7 Å². The summed E-state index contributed by atoms with van der Waals surface area (Å²) >= 11 is 0. The summed E-state index contributed by atoms with van der Waals surface area (Å²) in [5.41, 5.74) is 1.18. The van der Waals surface area contributed by atoms with E-state index in [4.69, 9.17) is 5.90 Å². The highest BCUT2D eigenvalue weighted by atomic mass is 16.6. The predicted octanol–water partition coefficient (Wildman–Crippen LogP) is 2.18. The van der Waals surface area contributed by atoms with Gasteiger partial charge in [-0.2, -0.15) is 0 Å². The van der Waals surface area contributed by atoms with Crippen LogP contribution in [0.1, 0.15) is 26.7 Å². The van der Waals surface area contributed by atoms with Crippen LogP contribution in [0.25, 0.3) is 0 Å². The Labute approximate surface area is 68.7 Å². The maximum atomic E-state index is 4.88. The molecule has 1 aliphatic rings. The molecule has 0 heterocycles. The lowest BCUT2D eigenvalue weighted by Crippen LogP contribution is -2.03. The molecule has 0 aliphatic heterocycles. The van der Waals surface area contributed by atoms with Crippen LogP contribution in [0.3, 0.4) is 0 Å². The Morgan fingerprint density at radius 3 is 2.64 bits per heavy atom. The quantitative estimate of drug-likeness (QED) is 0.620. The molecule has 0 bridgehead atoms. The molecule has 0 radical (unpaired) electrons. The summed E-state index contributed by atoms with van der Waals surface area (Å²) in [6.07, 6.45) is 8.60. The molecule has 0 amide bonds. The molecule has 0 atom stereocenters. The molecule has 2 N–H and O–H groups in total. The van der Waals surface area contributed by atoms with E-state index in [2.05, 4.69) is 23.1 Å². The summed E-state index contributed by atoms with van der Waals surface area (Å²) in [5.74, 6) is 4.88. The van der Waals surface area contributed by atoms with Crippen LogP contribution in [0.4, 0.5) is 0 Å². The van der Waals surface area contributed by atoms with Crippen molar-refractivity contribution in [2.75, 3.05) is 6.61 Å². The first-order chi connectivity index (χ1) is 5.43. The molecule has 2 nitrogen and oxygen atoms in total. The number of hydrogen-bond donors (Lipinski definition) is 1. The van der Waals surface area contributed by atoms with Crippen LogP contribution in [0.2, 0.25) is 0 Å². The highest BCUT2D eigenvalue weighted by Gasteiger charge is 1.94. The minimum atomic E-state index is 0.538. The minimum Gasteiger partial charge on any atom is -0.300 e. The Morgan fingerprint density at radius 2 is 2.18 bits per heavy atom. The summed E-state index contributed by atoms with van der Waals surface area (Å²) in [4.78, 5) is 4.46. The number of rotatable bonds is 2. The highest BCUT2D eigenvalue weighted by Crippen LogP contribution is 2.08. The Hall–Kier alpha value is -0.600. The van der Waals surface area contributed by atoms with Gasteiger partial charge in [0, 0.05) is 0 Å². The van der Waals surface area contributed by atoms with Crippen LogP contribution in [0, 0.1) is 0 Å². The fourth-order valence-corrected chi connectivity index (χ4v) is 0.871. The van der Waals surface area contributed by atoms with Gasteiger partial charge in [0.25, 0.3) is 0 Å². The van der Waals surface area contributed by atoms with Gasteiger partial charge in [-0.1, -0.05) is 32.1 Å². The second kappa shape index (κ2) is 7.51. The Morgan fingerprint density at radius 1 is 1.45 bits per heavy atom. The van der Waals surface area contributed by atoms with Crippen LogP contribution in [0.5, 0.6) is 0 Å². The van der Waals surface area contributed by atoms with Crippen LogP contribution in [-0.2, 0) is 4.84 Å². The van der Waals surface area contributed by atoms with Gasteiger partial charge in [-0.05, 0) is 18.4 Å². The normalized spacial score (nSPS) is 15.0. The minimum absolute atomic E-state index is 0.538. The van der Waals surface area contributed by atoms with Crippen LogP contribution in [-0.4, -0.2) is 6.61 Å². The van der Waals surface area contributed by atoms with Gasteiger partial charge in [-0.3, -0.25) is 4.84 Å². The van der Waals surface area contributed by atoms with Crippen molar-refractivity contribution in [2.24, 2.45) is 5.90 Å². The van der Waals surface area contributed by atoms with Crippen LogP contribution < -0.4 is 5.90 Å². The fraction of sp³-hybridized carbons (Fsp3) is 0.556. The van der Waals surface area contributed by atoms with E-state index in [9.17, 15) is 0 Å². The summed E-state index contributed by atoms with van der Waals surface area (Å²) in [5, 5.41) is 0. The SMILES string of the molecule is CC.NOCC1=CCCC=C1. The smallest absolute Gasteiger partial charge is 0.0926 e. The zero-order valence-corrected chi connectivity index (χ0v) is 7.34. The third-order valence-corrected chi connectivity index (χ3v) is 1.32. The van der Waals surface area contributed by atoms with Gasteiger partial charge in [0.2, 0.25) is 0 Å². The number of nitrogens with two attached hydrogens (primary N) is 1. The second-order valence-electron chi connectivity index (χ2n) is 2.07. The molecule has 0 spiro atoms. The molecule has 0 aromatic heterocycles. The second-order valence-corrected chi connectivity index (χ2v) is 2.07.